The molecular weight excluding hydrogens is 272 g/mol. The normalized spacial score (nSPS) is 11.6. The molecule has 90 valence electrons. The molecule has 0 aromatic heterocycles. The maximum atomic E-state index is 10.0. The lowest BCUT2D eigenvalue weighted by atomic mass is 9.94. The highest BCUT2D eigenvalue weighted by atomic mass is 79.9. The summed E-state index contributed by atoms with van der Waals surface area (Å²) in [4.78, 5) is 0. The molecule has 0 aliphatic carbocycles. The molecule has 0 saturated carbocycles. The van der Waals surface area contributed by atoms with Gasteiger partial charge in [0.05, 0.1) is 12.7 Å². The predicted molar refractivity (Wildman–Crippen MR) is 67.0 cm³/mol. The molecule has 0 aliphatic heterocycles. The van der Waals surface area contributed by atoms with E-state index < -0.39 is 5.60 Å². The van der Waals surface area contributed by atoms with Gasteiger partial charge in [0, 0.05) is 10.0 Å². The van der Waals surface area contributed by atoms with Crippen molar-refractivity contribution in [3.05, 3.63) is 21.7 Å². The molecule has 0 unspecified atom stereocenters. The third-order valence-electron chi connectivity index (χ3n) is 2.49. The summed E-state index contributed by atoms with van der Waals surface area (Å²) >= 11 is 3.42. The van der Waals surface area contributed by atoms with Crippen molar-refractivity contribution in [3.63, 3.8) is 0 Å². The van der Waals surface area contributed by atoms with Crippen molar-refractivity contribution in [2.75, 3.05) is 7.11 Å². The van der Waals surface area contributed by atoms with Gasteiger partial charge in [-0.05, 0) is 47.8 Å². The second-order valence-corrected chi connectivity index (χ2v) is 4.98. The highest BCUT2D eigenvalue weighted by molar-refractivity contribution is 9.10. The largest absolute Gasteiger partial charge is 0.504 e. The molecule has 1 aromatic rings. The smallest absolute Gasteiger partial charge is 0.164 e. The highest BCUT2D eigenvalue weighted by Gasteiger charge is 2.27. The summed E-state index contributed by atoms with van der Waals surface area (Å²) in [6.07, 6.45) is 0.792. The molecule has 0 radical (unpaired) electrons. The van der Waals surface area contributed by atoms with E-state index in [0.717, 1.165) is 16.5 Å². The van der Waals surface area contributed by atoms with Crippen molar-refractivity contribution in [1.29, 1.82) is 0 Å². The number of hydrogen-bond donors (Lipinski definition) is 2. The van der Waals surface area contributed by atoms with Crippen LogP contribution in [-0.4, -0.2) is 17.3 Å². The van der Waals surface area contributed by atoms with Crippen molar-refractivity contribution in [2.24, 2.45) is 0 Å². The fraction of sp³-hybridized carbons (Fsp3) is 0.500. The molecule has 1 rings (SSSR count). The van der Waals surface area contributed by atoms with E-state index in [0.29, 0.717) is 11.3 Å². The number of aromatic hydroxyl groups is 1. The molecule has 0 heterocycles. The van der Waals surface area contributed by atoms with Gasteiger partial charge in [-0.1, -0.05) is 6.92 Å². The molecule has 1 aromatic carbocycles. The number of phenolic OH excluding ortho intramolecular Hbond substituents is 1. The molecule has 4 heteroatoms. The molecule has 0 fully saturated rings. The molecule has 0 saturated heterocycles. The zero-order valence-corrected chi connectivity index (χ0v) is 11.6. The highest BCUT2D eigenvalue weighted by Crippen LogP contribution is 2.43. The van der Waals surface area contributed by atoms with Crippen LogP contribution in [0.25, 0.3) is 0 Å². The predicted octanol–water partition coefficient (Wildman–Crippen LogP) is 2.95. The number of benzene rings is 1. The van der Waals surface area contributed by atoms with Gasteiger partial charge in [0.25, 0.3) is 0 Å². The summed E-state index contributed by atoms with van der Waals surface area (Å²) in [6, 6.07) is 1.77. The Morgan fingerprint density at radius 1 is 1.44 bits per heavy atom. The van der Waals surface area contributed by atoms with Gasteiger partial charge >= 0.3 is 0 Å². The number of halogens is 1. The molecular formula is C12H17BrO3. The Balaban J connectivity index is 3.56. The van der Waals surface area contributed by atoms with Crippen LogP contribution in [0.1, 0.15) is 31.9 Å². The molecule has 2 N–H and O–H groups in total. The van der Waals surface area contributed by atoms with E-state index in [1.165, 1.54) is 7.11 Å². The van der Waals surface area contributed by atoms with E-state index in [-0.39, 0.29) is 5.75 Å². The summed E-state index contributed by atoms with van der Waals surface area (Å²) in [5.41, 5.74) is 0.331. The van der Waals surface area contributed by atoms with Crippen molar-refractivity contribution in [2.45, 2.75) is 32.8 Å². The Kier molecular flexibility index (Phi) is 3.86. The SMILES string of the molecule is CCc1cc(OC)c(O)c(C(C)(C)O)c1Br. The van der Waals surface area contributed by atoms with Gasteiger partial charge in [-0.25, -0.2) is 0 Å². The van der Waals surface area contributed by atoms with Gasteiger partial charge in [0.1, 0.15) is 0 Å². The Hall–Kier alpha value is -0.740. The first-order valence-electron chi connectivity index (χ1n) is 5.14. The minimum Gasteiger partial charge on any atom is -0.504 e. The quantitative estimate of drug-likeness (QED) is 0.899. The van der Waals surface area contributed by atoms with Crippen LogP contribution in [0.15, 0.2) is 10.5 Å². The second kappa shape index (κ2) is 4.63. The van der Waals surface area contributed by atoms with Crippen LogP contribution in [0.3, 0.4) is 0 Å². The summed E-state index contributed by atoms with van der Waals surface area (Å²) in [6.45, 7) is 5.27. The summed E-state index contributed by atoms with van der Waals surface area (Å²) in [5.74, 6) is 0.372. The summed E-state index contributed by atoms with van der Waals surface area (Å²) < 4.78 is 5.83. The Labute approximate surface area is 104 Å². The van der Waals surface area contributed by atoms with Gasteiger partial charge in [-0.3, -0.25) is 0 Å². The van der Waals surface area contributed by atoms with E-state index in [2.05, 4.69) is 15.9 Å². The topological polar surface area (TPSA) is 49.7 Å². The lowest BCUT2D eigenvalue weighted by Crippen LogP contribution is -2.17. The monoisotopic (exact) mass is 288 g/mol. The Bertz CT molecular complexity index is 366. The van der Waals surface area contributed by atoms with Gasteiger partial charge in [-0.2, -0.15) is 0 Å². The van der Waals surface area contributed by atoms with Gasteiger partial charge < -0.3 is 14.9 Å². The minimum absolute atomic E-state index is 0.0147. The zero-order chi connectivity index (χ0) is 12.5. The maximum absolute atomic E-state index is 10.0. The van der Waals surface area contributed by atoms with E-state index in [9.17, 15) is 10.2 Å². The van der Waals surface area contributed by atoms with Gasteiger partial charge in [0.2, 0.25) is 0 Å². The van der Waals surface area contributed by atoms with E-state index >= 15 is 0 Å². The maximum Gasteiger partial charge on any atom is 0.164 e. The first-order valence-corrected chi connectivity index (χ1v) is 5.93. The lowest BCUT2D eigenvalue weighted by Gasteiger charge is -2.23. The molecule has 0 amide bonds. The molecule has 0 aliphatic rings. The van der Waals surface area contributed by atoms with Crippen LogP contribution >= 0.6 is 15.9 Å². The Morgan fingerprint density at radius 3 is 2.38 bits per heavy atom. The summed E-state index contributed by atoms with van der Waals surface area (Å²) in [5, 5.41) is 20.1. The zero-order valence-electron chi connectivity index (χ0n) is 9.97. The average molecular weight is 289 g/mol. The minimum atomic E-state index is -1.12. The number of rotatable bonds is 3. The first-order chi connectivity index (χ1) is 7.32. The van der Waals surface area contributed by atoms with Crippen LogP contribution in [0, 0.1) is 0 Å². The van der Waals surface area contributed by atoms with Gasteiger partial charge in [0.15, 0.2) is 11.5 Å². The Morgan fingerprint density at radius 2 is 2.00 bits per heavy atom. The van der Waals surface area contributed by atoms with Crippen LogP contribution < -0.4 is 4.74 Å². The molecule has 0 spiro atoms. The fourth-order valence-corrected chi connectivity index (χ4v) is 2.72. The van der Waals surface area contributed by atoms with E-state index in [1.807, 2.05) is 6.92 Å². The number of hydrogen-bond acceptors (Lipinski definition) is 3. The van der Waals surface area contributed by atoms with Crippen LogP contribution in [-0.2, 0) is 12.0 Å². The van der Waals surface area contributed by atoms with Crippen LogP contribution in [0.5, 0.6) is 11.5 Å². The number of aryl methyl sites for hydroxylation is 1. The molecule has 3 nitrogen and oxygen atoms in total. The van der Waals surface area contributed by atoms with Gasteiger partial charge in [-0.15, -0.1) is 0 Å². The van der Waals surface area contributed by atoms with E-state index in [1.54, 1.807) is 19.9 Å². The number of ether oxygens (including phenoxy) is 1. The number of methoxy groups -OCH3 is 1. The standard InChI is InChI=1S/C12H17BrO3/c1-5-7-6-8(16-4)11(14)9(10(7)13)12(2,3)15/h6,14-15H,5H2,1-4H3. The van der Waals surface area contributed by atoms with Crippen molar-refractivity contribution in [1.82, 2.24) is 0 Å². The third-order valence-corrected chi connectivity index (χ3v) is 3.40. The second-order valence-electron chi connectivity index (χ2n) is 4.19. The van der Waals surface area contributed by atoms with Crippen LogP contribution in [0.2, 0.25) is 0 Å². The fourth-order valence-electron chi connectivity index (χ4n) is 1.65. The van der Waals surface area contributed by atoms with E-state index in [4.69, 9.17) is 4.74 Å². The first kappa shape index (κ1) is 13.3. The average Bonchev–Trinajstić information content (AvgIpc) is 2.16. The molecule has 0 bridgehead atoms. The van der Waals surface area contributed by atoms with Crippen molar-refractivity contribution < 1.29 is 14.9 Å². The lowest BCUT2D eigenvalue weighted by molar-refractivity contribution is 0.0744. The van der Waals surface area contributed by atoms with Crippen molar-refractivity contribution >= 4 is 15.9 Å². The molecule has 16 heavy (non-hydrogen) atoms. The molecule has 0 atom stereocenters. The van der Waals surface area contributed by atoms with Crippen molar-refractivity contribution in [3.8, 4) is 11.5 Å². The van der Waals surface area contributed by atoms with Crippen LogP contribution in [0.4, 0.5) is 0 Å². The summed E-state index contributed by atoms with van der Waals surface area (Å²) in [7, 11) is 1.50. The number of phenols is 1. The number of aliphatic hydroxyl groups is 1. The third kappa shape index (κ3) is 2.33.